The molecule has 3 atom stereocenters. The molecule has 2 nitrogen and oxygen atoms in total. The van der Waals surface area contributed by atoms with E-state index in [1.165, 1.54) is 32.1 Å². The van der Waals surface area contributed by atoms with Gasteiger partial charge in [0.2, 0.25) is 0 Å². The van der Waals surface area contributed by atoms with Crippen LogP contribution in [0.1, 0.15) is 32.1 Å². The van der Waals surface area contributed by atoms with Crippen LogP contribution < -0.4 is 5.73 Å². The number of fused-ring (bicyclic) bond motifs is 1. The summed E-state index contributed by atoms with van der Waals surface area (Å²) < 4.78 is 5.67. The zero-order valence-electron chi connectivity index (χ0n) is 6.96. The highest BCUT2D eigenvalue weighted by molar-refractivity contribution is 4.83. The molecular formula is C9H17NO. The highest BCUT2D eigenvalue weighted by atomic mass is 16.5. The molecule has 0 aromatic heterocycles. The highest BCUT2D eigenvalue weighted by Gasteiger charge is 2.31. The Morgan fingerprint density at radius 2 is 2.00 bits per heavy atom. The van der Waals surface area contributed by atoms with E-state index in [-0.39, 0.29) is 0 Å². The molecule has 2 heteroatoms. The molecular weight excluding hydrogens is 138 g/mol. The van der Waals surface area contributed by atoms with E-state index in [1.807, 2.05) is 0 Å². The lowest BCUT2D eigenvalue weighted by Gasteiger charge is -2.37. The maximum atomic E-state index is 5.82. The normalized spacial score (nSPS) is 45.0. The summed E-state index contributed by atoms with van der Waals surface area (Å²) in [6.07, 6.45) is 7.12. The Morgan fingerprint density at radius 3 is 2.91 bits per heavy atom. The van der Waals surface area contributed by atoms with Crippen LogP contribution in [0.2, 0.25) is 0 Å². The molecule has 0 aromatic carbocycles. The van der Waals surface area contributed by atoms with Gasteiger partial charge in [-0.3, -0.25) is 0 Å². The smallest absolute Gasteiger partial charge is 0.0621 e. The number of ether oxygens (including phenoxy) is 1. The molecule has 0 bridgehead atoms. The van der Waals surface area contributed by atoms with Gasteiger partial charge in [-0.1, -0.05) is 12.8 Å². The molecule has 0 aromatic rings. The fourth-order valence-electron chi connectivity index (χ4n) is 2.37. The minimum Gasteiger partial charge on any atom is -0.376 e. The van der Waals surface area contributed by atoms with Crippen LogP contribution in [-0.4, -0.2) is 18.8 Å². The summed E-state index contributed by atoms with van der Waals surface area (Å²) in [7, 11) is 0. The predicted octanol–water partition coefficient (Wildman–Crippen LogP) is 1.29. The van der Waals surface area contributed by atoms with Gasteiger partial charge in [0.1, 0.15) is 0 Å². The minimum atomic E-state index is 0.314. The van der Waals surface area contributed by atoms with Crippen molar-refractivity contribution < 1.29 is 4.74 Å². The number of nitrogens with two attached hydrogens (primary N) is 1. The number of rotatable bonds is 0. The van der Waals surface area contributed by atoms with E-state index in [0.29, 0.717) is 12.1 Å². The first kappa shape index (κ1) is 7.56. The Kier molecular flexibility index (Phi) is 2.14. The molecule has 1 aliphatic carbocycles. The van der Waals surface area contributed by atoms with Gasteiger partial charge in [0, 0.05) is 6.04 Å². The minimum absolute atomic E-state index is 0.314. The molecule has 1 saturated carbocycles. The van der Waals surface area contributed by atoms with E-state index in [2.05, 4.69) is 0 Å². The fourth-order valence-corrected chi connectivity index (χ4v) is 2.37. The van der Waals surface area contributed by atoms with Crippen molar-refractivity contribution in [3.05, 3.63) is 0 Å². The Morgan fingerprint density at radius 1 is 1.18 bits per heavy atom. The third-order valence-electron chi connectivity index (χ3n) is 2.97. The number of hydrogen-bond donors (Lipinski definition) is 1. The van der Waals surface area contributed by atoms with Crippen LogP contribution in [0, 0.1) is 5.92 Å². The Bertz CT molecular complexity index is 138. The van der Waals surface area contributed by atoms with Crippen molar-refractivity contribution in [2.45, 2.75) is 44.2 Å². The number of hydrogen-bond acceptors (Lipinski definition) is 2. The zero-order chi connectivity index (χ0) is 7.68. The SMILES string of the molecule is NC1COC2CCCCC2C1. The van der Waals surface area contributed by atoms with Crippen LogP contribution in [0.15, 0.2) is 0 Å². The van der Waals surface area contributed by atoms with Crippen LogP contribution in [0.25, 0.3) is 0 Å². The van der Waals surface area contributed by atoms with E-state index in [1.54, 1.807) is 0 Å². The summed E-state index contributed by atoms with van der Waals surface area (Å²) in [5, 5.41) is 0. The summed E-state index contributed by atoms with van der Waals surface area (Å²) in [5.41, 5.74) is 5.82. The lowest BCUT2D eigenvalue weighted by atomic mass is 9.81. The van der Waals surface area contributed by atoms with Crippen LogP contribution >= 0.6 is 0 Å². The molecule has 2 aliphatic rings. The van der Waals surface area contributed by atoms with Crippen molar-refractivity contribution in [3.8, 4) is 0 Å². The van der Waals surface area contributed by atoms with Crippen molar-refractivity contribution >= 4 is 0 Å². The summed E-state index contributed by atoms with van der Waals surface area (Å²) in [6.45, 7) is 0.793. The quantitative estimate of drug-likeness (QED) is 0.572. The molecule has 64 valence electrons. The largest absolute Gasteiger partial charge is 0.376 e. The summed E-state index contributed by atoms with van der Waals surface area (Å²) >= 11 is 0. The van der Waals surface area contributed by atoms with Crippen molar-refractivity contribution in [1.29, 1.82) is 0 Å². The van der Waals surface area contributed by atoms with Crippen LogP contribution in [0.3, 0.4) is 0 Å². The first-order chi connectivity index (χ1) is 5.36. The van der Waals surface area contributed by atoms with Crippen molar-refractivity contribution in [1.82, 2.24) is 0 Å². The van der Waals surface area contributed by atoms with Gasteiger partial charge in [0.25, 0.3) is 0 Å². The average molecular weight is 155 g/mol. The average Bonchev–Trinajstić information content (AvgIpc) is 2.04. The molecule has 0 amide bonds. The Hall–Kier alpha value is -0.0800. The van der Waals surface area contributed by atoms with E-state index >= 15 is 0 Å². The second-order valence-electron chi connectivity index (χ2n) is 3.91. The molecule has 1 aliphatic heterocycles. The van der Waals surface area contributed by atoms with E-state index in [4.69, 9.17) is 10.5 Å². The highest BCUT2D eigenvalue weighted by Crippen LogP contribution is 2.32. The van der Waals surface area contributed by atoms with Crippen LogP contribution in [0.4, 0.5) is 0 Å². The first-order valence-electron chi connectivity index (χ1n) is 4.73. The van der Waals surface area contributed by atoms with Gasteiger partial charge in [0.15, 0.2) is 0 Å². The van der Waals surface area contributed by atoms with E-state index in [0.717, 1.165) is 12.5 Å². The van der Waals surface area contributed by atoms with Crippen molar-refractivity contribution in [2.75, 3.05) is 6.61 Å². The molecule has 0 radical (unpaired) electrons. The van der Waals surface area contributed by atoms with E-state index < -0.39 is 0 Å². The van der Waals surface area contributed by atoms with Crippen molar-refractivity contribution in [2.24, 2.45) is 11.7 Å². The molecule has 0 spiro atoms. The zero-order valence-corrected chi connectivity index (χ0v) is 6.96. The first-order valence-corrected chi connectivity index (χ1v) is 4.73. The Labute approximate surface area is 68.1 Å². The summed E-state index contributed by atoms with van der Waals surface area (Å²) in [4.78, 5) is 0. The maximum Gasteiger partial charge on any atom is 0.0621 e. The monoisotopic (exact) mass is 155 g/mol. The molecule has 1 heterocycles. The lowest BCUT2D eigenvalue weighted by molar-refractivity contribution is -0.0557. The molecule has 2 N–H and O–H groups in total. The third-order valence-corrected chi connectivity index (χ3v) is 2.97. The van der Waals surface area contributed by atoms with Gasteiger partial charge in [-0.2, -0.15) is 0 Å². The molecule has 3 unspecified atom stereocenters. The predicted molar refractivity (Wildman–Crippen MR) is 44.3 cm³/mol. The molecule has 2 rings (SSSR count). The Balaban J connectivity index is 1.93. The van der Waals surface area contributed by atoms with Gasteiger partial charge in [-0.15, -0.1) is 0 Å². The van der Waals surface area contributed by atoms with E-state index in [9.17, 15) is 0 Å². The standard InChI is InChI=1S/C9H17NO/c10-8-5-7-3-1-2-4-9(7)11-6-8/h7-9H,1-6,10H2. The molecule has 11 heavy (non-hydrogen) atoms. The topological polar surface area (TPSA) is 35.2 Å². The maximum absolute atomic E-state index is 5.82. The second-order valence-corrected chi connectivity index (χ2v) is 3.91. The van der Waals surface area contributed by atoms with Gasteiger partial charge >= 0.3 is 0 Å². The fraction of sp³-hybridized carbons (Fsp3) is 1.00. The second kappa shape index (κ2) is 3.11. The van der Waals surface area contributed by atoms with Crippen LogP contribution in [-0.2, 0) is 4.74 Å². The van der Waals surface area contributed by atoms with Crippen LogP contribution in [0.5, 0.6) is 0 Å². The third kappa shape index (κ3) is 1.57. The summed E-state index contributed by atoms with van der Waals surface area (Å²) in [6, 6.07) is 0.314. The van der Waals surface area contributed by atoms with Gasteiger partial charge < -0.3 is 10.5 Å². The summed E-state index contributed by atoms with van der Waals surface area (Å²) in [5.74, 6) is 0.785. The molecule has 1 saturated heterocycles. The van der Waals surface area contributed by atoms with Gasteiger partial charge in [0.05, 0.1) is 12.7 Å². The van der Waals surface area contributed by atoms with Gasteiger partial charge in [-0.05, 0) is 25.2 Å². The lowest BCUT2D eigenvalue weighted by Crippen LogP contribution is -2.42. The molecule has 2 fully saturated rings. The van der Waals surface area contributed by atoms with Gasteiger partial charge in [-0.25, -0.2) is 0 Å². The van der Waals surface area contributed by atoms with Crippen molar-refractivity contribution in [3.63, 3.8) is 0 Å².